The molecule has 0 radical (unpaired) electrons. The molecule has 0 saturated carbocycles. The molecule has 2 heterocycles. The summed E-state index contributed by atoms with van der Waals surface area (Å²) < 4.78 is 5.79. The largest absolute Gasteiger partial charge is 0.376 e. The number of nitrogens with zero attached hydrogens (tertiary/aromatic N) is 2. The van der Waals surface area contributed by atoms with Crippen molar-refractivity contribution in [3.05, 3.63) is 10.6 Å². The van der Waals surface area contributed by atoms with E-state index >= 15 is 0 Å². The zero-order valence-electron chi connectivity index (χ0n) is 12.2. The second-order valence-corrected chi connectivity index (χ2v) is 6.59. The van der Waals surface area contributed by atoms with Crippen LogP contribution in [0.25, 0.3) is 0 Å². The predicted octanol–water partition coefficient (Wildman–Crippen LogP) is 2.73. The fourth-order valence-electron chi connectivity index (χ4n) is 2.45. The Balaban J connectivity index is 2.03. The maximum atomic E-state index is 5.81. The molecule has 108 valence electrons. The van der Waals surface area contributed by atoms with Crippen molar-refractivity contribution in [2.75, 3.05) is 25.1 Å². The molecule has 0 aliphatic carbocycles. The van der Waals surface area contributed by atoms with Crippen molar-refractivity contribution in [1.82, 2.24) is 4.98 Å². The lowest BCUT2D eigenvalue weighted by atomic mass is 10.1. The van der Waals surface area contributed by atoms with Crippen molar-refractivity contribution < 1.29 is 4.74 Å². The Morgan fingerprint density at radius 1 is 1.47 bits per heavy atom. The normalized spacial score (nSPS) is 19.9. The molecule has 0 amide bonds. The topological polar surface area (TPSA) is 51.4 Å². The van der Waals surface area contributed by atoms with Crippen LogP contribution >= 0.6 is 11.3 Å². The van der Waals surface area contributed by atoms with Crippen LogP contribution in [0.2, 0.25) is 0 Å². The third kappa shape index (κ3) is 3.68. The van der Waals surface area contributed by atoms with Crippen molar-refractivity contribution in [2.24, 2.45) is 5.73 Å². The lowest BCUT2D eigenvalue weighted by Crippen LogP contribution is -2.33. The van der Waals surface area contributed by atoms with Crippen LogP contribution in [0.15, 0.2) is 0 Å². The van der Waals surface area contributed by atoms with E-state index in [4.69, 9.17) is 15.5 Å². The highest BCUT2D eigenvalue weighted by Crippen LogP contribution is 2.30. The summed E-state index contributed by atoms with van der Waals surface area (Å²) >= 11 is 1.72. The first-order valence-corrected chi connectivity index (χ1v) is 7.96. The number of ether oxygens (including phenoxy) is 1. The molecular weight excluding hydrogens is 258 g/mol. The van der Waals surface area contributed by atoms with Crippen molar-refractivity contribution in [3.63, 3.8) is 0 Å². The summed E-state index contributed by atoms with van der Waals surface area (Å²) in [4.78, 5) is 8.18. The lowest BCUT2D eigenvalue weighted by molar-refractivity contribution is 0.0216. The molecule has 1 saturated heterocycles. The maximum absolute atomic E-state index is 5.81. The summed E-state index contributed by atoms with van der Waals surface area (Å²) in [6.45, 7) is 6.75. The highest BCUT2D eigenvalue weighted by atomic mass is 32.1. The molecule has 2 N–H and O–H groups in total. The monoisotopic (exact) mass is 283 g/mol. The van der Waals surface area contributed by atoms with Crippen LogP contribution in [0.1, 0.15) is 49.6 Å². The molecule has 1 aliphatic rings. The minimum absolute atomic E-state index is 0.353. The molecule has 1 fully saturated rings. The summed E-state index contributed by atoms with van der Waals surface area (Å²) in [5.41, 5.74) is 6.97. The molecule has 19 heavy (non-hydrogen) atoms. The second kappa shape index (κ2) is 6.68. The molecule has 1 aromatic rings. The van der Waals surface area contributed by atoms with Crippen LogP contribution in [0.3, 0.4) is 0 Å². The number of rotatable bonds is 5. The van der Waals surface area contributed by atoms with Crippen molar-refractivity contribution in [2.45, 2.75) is 51.7 Å². The van der Waals surface area contributed by atoms with Crippen molar-refractivity contribution in [3.8, 4) is 0 Å². The fraction of sp³-hybridized carbons (Fsp3) is 0.786. The summed E-state index contributed by atoms with van der Waals surface area (Å²) in [6, 6.07) is 0. The summed E-state index contributed by atoms with van der Waals surface area (Å²) in [7, 11) is 2.10. The van der Waals surface area contributed by atoms with E-state index in [0.29, 0.717) is 18.6 Å². The molecule has 4 nitrogen and oxygen atoms in total. The van der Waals surface area contributed by atoms with Gasteiger partial charge in [-0.3, -0.25) is 0 Å². The van der Waals surface area contributed by atoms with Crippen LogP contribution in [-0.2, 0) is 11.3 Å². The Kier molecular flexibility index (Phi) is 5.19. The first-order valence-electron chi connectivity index (χ1n) is 7.14. The van der Waals surface area contributed by atoms with Gasteiger partial charge in [0.2, 0.25) is 0 Å². The summed E-state index contributed by atoms with van der Waals surface area (Å²) in [6.07, 6.45) is 4.00. The van der Waals surface area contributed by atoms with Gasteiger partial charge in [0.25, 0.3) is 0 Å². The molecule has 1 unspecified atom stereocenters. The number of anilines is 1. The Morgan fingerprint density at radius 2 is 2.26 bits per heavy atom. The minimum Gasteiger partial charge on any atom is -0.376 e. The minimum atomic E-state index is 0.353. The van der Waals surface area contributed by atoms with E-state index in [2.05, 4.69) is 25.8 Å². The highest BCUT2D eigenvalue weighted by Gasteiger charge is 2.20. The van der Waals surface area contributed by atoms with Gasteiger partial charge in [0.05, 0.1) is 11.8 Å². The first kappa shape index (κ1) is 14.8. The smallest absolute Gasteiger partial charge is 0.185 e. The average molecular weight is 283 g/mol. The Labute approximate surface area is 120 Å². The van der Waals surface area contributed by atoms with Gasteiger partial charge >= 0.3 is 0 Å². The van der Waals surface area contributed by atoms with Crippen LogP contribution in [0.5, 0.6) is 0 Å². The molecule has 0 bridgehead atoms. The van der Waals surface area contributed by atoms with Gasteiger partial charge in [0, 0.05) is 31.6 Å². The van der Waals surface area contributed by atoms with Gasteiger partial charge in [-0.15, -0.1) is 11.3 Å². The Bertz CT molecular complexity index is 399. The Hall–Kier alpha value is -0.650. The number of aromatic nitrogens is 1. The first-order chi connectivity index (χ1) is 9.11. The van der Waals surface area contributed by atoms with Gasteiger partial charge in [-0.1, -0.05) is 13.8 Å². The molecule has 0 spiro atoms. The number of hydrogen-bond acceptors (Lipinski definition) is 5. The predicted molar refractivity (Wildman–Crippen MR) is 81.0 cm³/mol. The average Bonchev–Trinajstić information content (AvgIpc) is 2.84. The molecule has 2 rings (SSSR count). The fourth-order valence-corrected chi connectivity index (χ4v) is 3.51. The van der Waals surface area contributed by atoms with E-state index in [-0.39, 0.29) is 0 Å². The van der Waals surface area contributed by atoms with Crippen LogP contribution in [0.4, 0.5) is 5.13 Å². The van der Waals surface area contributed by atoms with Gasteiger partial charge in [0.15, 0.2) is 5.13 Å². The van der Waals surface area contributed by atoms with Gasteiger partial charge in [0.1, 0.15) is 0 Å². The third-order valence-electron chi connectivity index (χ3n) is 3.53. The zero-order chi connectivity index (χ0) is 13.8. The quantitative estimate of drug-likeness (QED) is 0.902. The van der Waals surface area contributed by atoms with Crippen molar-refractivity contribution in [1.29, 1.82) is 0 Å². The highest BCUT2D eigenvalue weighted by molar-refractivity contribution is 7.15. The zero-order valence-corrected chi connectivity index (χ0v) is 13.0. The molecule has 1 aromatic heterocycles. The summed E-state index contributed by atoms with van der Waals surface area (Å²) in [5.74, 6) is 0.433. The maximum Gasteiger partial charge on any atom is 0.185 e. The number of thiazole rings is 1. The number of likely N-dealkylation sites (N-methyl/N-ethyl adjacent to an activating group) is 1. The molecule has 1 atom stereocenters. The molecule has 5 heteroatoms. The Morgan fingerprint density at radius 3 is 2.79 bits per heavy atom. The van der Waals surface area contributed by atoms with Crippen LogP contribution in [-0.4, -0.2) is 31.3 Å². The van der Waals surface area contributed by atoms with Gasteiger partial charge in [-0.05, 0) is 25.2 Å². The molecule has 1 aliphatic heterocycles. The van der Waals surface area contributed by atoms with E-state index in [1.165, 1.54) is 17.7 Å². The molecule has 0 aromatic carbocycles. The second-order valence-electron chi connectivity index (χ2n) is 5.53. The van der Waals surface area contributed by atoms with E-state index < -0.39 is 0 Å². The van der Waals surface area contributed by atoms with Gasteiger partial charge in [-0.2, -0.15) is 0 Å². The third-order valence-corrected chi connectivity index (χ3v) is 4.73. The van der Waals surface area contributed by atoms with E-state index in [1.807, 2.05) is 0 Å². The molecular formula is C14H25N3OS. The van der Waals surface area contributed by atoms with Gasteiger partial charge in [-0.25, -0.2) is 4.98 Å². The van der Waals surface area contributed by atoms with Gasteiger partial charge < -0.3 is 15.4 Å². The van der Waals surface area contributed by atoms with E-state index in [9.17, 15) is 0 Å². The lowest BCUT2D eigenvalue weighted by Gasteiger charge is -2.27. The summed E-state index contributed by atoms with van der Waals surface area (Å²) in [5, 5.41) is 1.07. The van der Waals surface area contributed by atoms with Crippen LogP contribution in [0, 0.1) is 0 Å². The number of nitrogens with two attached hydrogens (primary N) is 1. The van der Waals surface area contributed by atoms with E-state index in [1.54, 1.807) is 11.3 Å². The van der Waals surface area contributed by atoms with E-state index in [0.717, 1.165) is 30.4 Å². The number of hydrogen-bond donors (Lipinski definition) is 1. The standard InChI is InChI=1S/C14H25N3OS/c1-10(2)13-12(8-15)19-14(16-13)17(3)9-11-6-4-5-7-18-11/h10-11H,4-9,15H2,1-3H3. The van der Waals surface area contributed by atoms with Crippen LogP contribution < -0.4 is 10.6 Å². The SMILES string of the molecule is CC(C)c1nc(N(C)CC2CCCCO2)sc1CN. The van der Waals surface area contributed by atoms with Crippen molar-refractivity contribution >= 4 is 16.5 Å².